The summed E-state index contributed by atoms with van der Waals surface area (Å²) in [6.07, 6.45) is 0. The molecule has 0 spiro atoms. The van der Waals surface area contributed by atoms with Crippen molar-refractivity contribution in [2.45, 2.75) is 17.9 Å². The molecular weight excluding hydrogens is 262 g/mol. The lowest BCUT2D eigenvalue weighted by atomic mass is 10.3. The normalized spacial score (nSPS) is 22.1. The van der Waals surface area contributed by atoms with E-state index in [0.717, 1.165) is 22.5 Å². The van der Waals surface area contributed by atoms with E-state index in [1.54, 1.807) is 6.92 Å². The van der Waals surface area contributed by atoms with Gasteiger partial charge in [0, 0.05) is 25.7 Å². The molecule has 1 aliphatic rings. The SMILES string of the molecule is C[C@H]1CNCCN1S(=O)(=O)c1c(F)cccc1F. The third-order valence-electron chi connectivity index (χ3n) is 2.93. The Hall–Kier alpha value is -1.05. The average Bonchev–Trinajstić information content (AvgIpc) is 2.28. The third kappa shape index (κ3) is 2.25. The lowest BCUT2D eigenvalue weighted by Gasteiger charge is -2.32. The number of halogens is 2. The van der Waals surface area contributed by atoms with Gasteiger partial charge in [-0.05, 0) is 19.1 Å². The van der Waals surface area contributed by atoms with Gasteiger partial charge in [0.05, 0.1) is 0 Å². The predicted octanol–water partition coefficient (Wildman–Crippen LogP) is 0.947. The van der Waals surface area contributed by atoms with Crippen LogP contribution in [0.5, 0.6) is 0 Å². The molecule has 100 valence electrons. The Balaban J connectivity index is 2.48. The second kappa shape index (κ2) is 4.91. The maximum absolute atomic E-state index is 13.6. The first-order valence-electron chi connectivity index (χ1n) is 5.61. The number of hydrogen-bond donors (Lipinski definition) is 1. The van der Waals surface area contributed by atoms with Gasteiger partial charge in [-0.1, -0.05) is 6.07 Å². The summed E-state index contributed by atoms with van der Waals surface area (Å²) >= 11 is 0. The molecular formula is C11H14F2N2O2S. The minimum absolute atomic E-state index is 0.206. The largest absolute Gasteiger partial charge is 0.314 e. The second-order valence-corrected chi connectivity index (χ2v) is 6.05. The van der Waals surface area contributed by atoms with Crippen molar-refractivity contribution >= 4 is 10.0 Å². The van der Waals surface area contributed by atoms with Crippen LogP contribution >= 0.6 is 0 Å². The molecule has 4 nitrogen and oxygen atoms in total. The van der Waals surface area contributed by atoms with E-state index >= 15 is 0 Å². The van der Waals surface area contributed by atoms with E-state index in [9.17, 15) is 17.2 Å². The molecule has 0 amide bonds. The second-order valence-electron chi connectivity index (χ2n) is 4.22. The van der Waals surface area contributed by atoms with Gasteiger partial charge in [0.1, 0.15) is 11.6 Å². The van der Waals surface area contributed by atoms with Gasteiger partial charge in [0.25, 0.3) is 0 Å². The van der Waals surface area contributed by atoms with E-state index in [-0.39, 0.29) is 12.6 Å². The quantitative estimate of drug-likeness (QED) is 0.875. The van der Waals surface area contributed by atoms with E-state index in [0.29, 0.717) is 13.1 Å². The smallest absolute Gasteiger partial charge is 0.249 e. The number of benzene rings is 1. The highest BCUT2D eigenvalue weighted by atomic mass is 32.2. The van der Waals surface area contributed by atoms with Crippen LogP contribution in [0.4, 0.5) is 8.78 Å². The number of nitrogens with one attached hydrogen (secondary N) is 1. The lowest BCUT2D eigenvalue weighted by Crippen LogP contribution is -2.52. The highest BCUT2D eigenvalue weighted by Gasteiger charge is 2.34. The van der Waals surface area contributed by atoms with Crippen molar-refractivity contribution in [2.24, 2.45) is 0 Å². The van der Waals surface area contributed by atoms with Gasteiger partial charge in [0.2, 0.25) is 10.0 Å². The molecule has 1 aromatic rings. The van der Waals surface area contributed by atoms with Crippen LogP contribution in [0.15, 0.2) is 23.1 Å². The molecule has 0 bridgehead atoms. The van der Waals surface area contributed by atoms with Crippen molar-refractivity contribution in [3.8, 4) is 0 Å². The van der Waals surface area contributed by atoms with Gasteiger partial charge in [-0.25, -0.2) is 17.2 Å². The third-order valence-corrected chi connectivity index (χ3v) is 4.99. The Morgan fingerprint density at radius 2 is 1.94 bits per heavy atom. The Morgan fingerprint density at radius 1 is 1.33 bits per heavy atom. The molecule has 1 atom stereocenters. The van der Waals surface area contributed by atoms with Crippen molar-refractivity contribution in [2.75, 3.05) is 19.6 Å². The summed E-state index contributed by atoms with van der Waals surface area (Å²) in [6, 6.07) is 2.71. The molecule has 7 heteroatoms. The standard InChI is InChI=1S/C11H14F2N2O2S/c1-8-7-14-5-6-15(8)18(16,17)11-9(12)3-2-4-10(11)13/h2-4,8,14H,5-7H2,1H3/t8-/m0/s1. The summed E-state index contributed by atoms with van der Waals surface area (Å²) in [7, 11) is -4.13. The molecule has 18 heavy (non-hydrogen) atoms. The summed E-state index contributed by atoms with van der Waals surface area (Å²) in [5.41, 5.74) is 0. The van der Waals surface area contributed by atoms with E-state index in [2.05, 4.69) is 5.32 Å². The van der Waals surface area contributed by atoms with Gasteiger partial charge in [-0.2, -0.15) is 4.31 Å². The molecule has 1 N–H and O–H groups in total. The van der Waals surface area contributed by atoms with Crippen molar-refractivity contribution in [3.05, 3.63) is 29.8 Å². The molecule has 0 aromatic heterocycles. The topological polar surface area (TPSA) is 49.4 Å². The fourth-order valence-corrected chi connectivity index (χ4v) is 3.77. The van der Waals surface area contributed by atoms with E-state index in [1.165, 1.54) is 0 Å². The predicted molar refractivity (Wildman–Crippen MR) is 62.6 cm³/mol. The van der Waals surface area contributed by atoms with Gasteiger partial charge >= 0.3 is 0 Å². The Bertz CT molecular complexity index is 528. The number of hydrogen-bond acceptors (Lipinski definition) is 3. The highest BCUT2D eigenvalue weighted by molar-refractivity contribution is 7.89. The van der Waals surface area contributed by atoms with Crippen LogP contribution in [-0.4, -0.2) is 38.4 Å². The first-order valence-corrected chi connectivity index (χ1v) is 7.05. The molecule has 0 saturated carbocycles. The molecule has 1 fully saturated rings. The molecule has 2 rings (SSSR count). The van der Waals surface area contributed by atoms with Crippen LogP contribution in [0.1, 0.15) is 6.92 Å². The van der Waals surface area contributed by atoms with Gasteiger partial charge < -0.3 is 5.32 Å². The minimum Gasteiger partial charge on any atom is -0.314 e. The van der Waals surface area contributed by atoms with Crippen molar-refractivity contribution in [1.82, 2.24) is 9.62 Å². The highest BCUT2D eigenvalue weighted by Crippen LogP contribution is 2.24. The van der Waals surface area contributed by atoms with E-state index < -0.39 is 26.6 Å². The Kier molecular flexibility index (Phi) is 3.65. The molecule has 0 radical (unpaired) electrons. The molecule has 1 heterocycles. The van der Waals surface area contributed by atoms with Gasteiger partial charge in [0.15, 0.2) is 4.90 Å². The van der Waals surface area contributed by atoms with Crippen molar-refractivity contribution < 1.29 is 17.2 Å². The zero-order chi connectivity index (χ0) is 13.3. The average molecular weight is 276 g/mol. The maximum Gasteiger partial charge on any atom is 0.249 e. The van der Waals surface area contributed by atoms with Crippen LogP contribution < -0.4 is 5.32 Å². The van der Waals surface area contributed by atoms with Crippen LogP contribution in [0.2, 0.25) is 0 Å². The zero-order valence-corrected chi connectivity index (χ0v) is 10.7. The summed E-state index contributed by atoms with van der Waals surface area (Å²) < 4.78 is 52.8. The number of rotatable bonds is 2. The van der Waals surface area contributed by atoms with Crippen LogP contribution in [-0.2, 0) is 10.0 Å². The van der Waals surface area contributed by atoms with Crippen LogP contribution in [0.3, 0.4) is 0 Å². The molecule has 1 aromatic carbocycles. The van der Waals surface area contributed by atoms with Crippen LogP contribution in [0, 0.1) is 11.6 Å². The van der Waals surface area contributed by atoms with Gasteiger partial charge in [-0.15, -0.1) is 0 Å². The van der Waals surface area contributed by atoms with E-state index in [4.69, 9.17) is 0 Å². The summed E-state index contributed by atoms with van der Waals surface area (Å²) in [6.45, 7) is 2.84. The van der Waals surface area contributed by atoms with Gasteiger partial charge in [-0.3, -0.25) is 0 Å². The lowest BCUT2D eigenvalue weighted by molar-refractivity contribution is 0.281. The first kappa shape index (κ1) is 13.4. The molecule has 1 saturated heterocycles. The molecule has 1 aliphatic heterocycles. The number of nitrogens with zero attached hydrogens (tertiary/aromatic N) is 1. The number of sulfonamides is 1. The monoisotopic (exact) mass is 276 g/mol. The fraction of sp³-hybridized carbons (Fsp3) is 0.455. The number of piperazine rings is 1. The summed E-state index contributed by atoms with van der Waals surface area (Å²) in [5, 5.41) is 3.02. The summed E-state index contributed by atoms with van der Waals surface area (Å²) in [4.78, 5) is -0.862. The maximum atomic E-state index is 13.6. The fourth-order valence-electron chi connectivity index (χ4n) is 2.03. The first-order chi connectivity index (χ1) is 8.44. The van der Waals surface area contributed by atoms with Crippen molar-refractivity contribution in [1.29, 1.82) is 0 Å². The Morgan fingerprint density at radius 3 is 2.50 bits per heavy atom. The Labute approximate surface area is 105 Å². The molecule has 0 unspecified atom stereocenters. The van der Waals surface area contributed by atoms with Crippen LogP contribution in [0.25, 0.3) is 0 Å². The minimum atomic E-state index is -4.13. The summed E-state index contributed by atoms with van der Waals surface area (Å²) in [5.74, 6) is -2.11. The zero-order valence-electron chi connectivity index (χ0n) is 9.86. The van der Waals surface area contributed by atoms with E-state index in [1.807, 2.05) is 0 Å². The van der Waals surface area contributed by atoms with Crippen molar-refractivity contribution in [3.63, 3.8) is 0 Å². The molecule has 0 aliphatic carbocycles.